The van der Waals surface area contributed by atoms with Gasteiger partial charge in [-0.15, -0.1) is 0 Å². The molecule has 0 bridgehead atoms. The highest BCUT2D eigenvalue weighted by Crippen LogP contribution is 2.28. The molecule has 1 rings (SSSR count). The predicted molar refractivity (Wildman–Crippen MR) is 41.5 cm³/mol. The molecule has 0 aliphatic carbocycles. The summed E-state index contributed by atoms with van der Waals surface area (Å²) in [6.45, 7) is 4.99. The van der Waals surface area contributed by atoms with Crippen LogP contribution >= 0.6 is 0 Å². The smallest absolute Gasteiger partial charge is 0.225 e. The average molecular weight is 155 g/mol. The Balaban J connectivity index is 2.86. The van der Waals surface area contributed by atoms with Crippen molar-refractivity contribution in [1.82, 2.24) is 4.90 Å². The average Bonchev–Trinajstić information content (AvgIpc) is 2.04. The lowest BCUT2D eigenvalue weighted by atomic mass is 10.1. The molecule has 11 heavy (non-hydrogen) atoms. The van der Waals surface area contributed by atoms with Gasteiger partial charge in [0.05, 0.1) is 0 Å². The first-order chi connectivity index (χ1) is 4.93. The van der Waals surface area contributed by atoms with Crippen molar-refractivity contribution in [3.8, 4) is 0 Å². The van der Waals surface area contributed by atoms with Crippen molar-refractivity contribution in [3.63, 3.8) is 0 Å². The third-order valence-corrected chi connectivity index (χ3v) is 1.82. The lowest BCUT2D eigenvalue weighted by Crippen LogP contribution is -2.41. The molecule has 0 aromatic carbocycles. The molecule has 0 spiro atoms. The van der Waals surface area contributed by atoms with Crippen molar-refractivity contribution in [2.45, 2.75) is 32.9 Å². The third kappa shape index (κ3) is 1.43. The van der Waals surface area contributed by atoms with Gasteiger partial charge in [-0.3, -0.25) is 9.69 Å². The number of rotatable bonds is 0. The second-order valence-corrected chi connectivity index (χ2v) is 3.26. The summed E-state index contributed by atoms with van der Waals surface area (Å²) in [7, 11) is 0. The largest absolute Gasteiger partial charge is 0.370 e. The van der Waals surface area contributed by atoms with Gasteiger partial charge in [-0.25, -0.2) is 0 Å². The maximum atomic E-state index is 10.9. The molecule has 1 atom stereocenters. The summed E-state index contributed by atoms with van der Waals surface area (Å²) in [5, 5.41) is 9.65. The fourth-order valence-electron chi connectivity index (χ4n) is 1.45. The van der Waals surface area contributed by atoms with Crippen LogP contribution in [0.15, 0.2) is 11.8 Å². The highest BCUT2D eigenvalue weighted by Gasteiger charge is 2.34. The van der Waals surface area contributed by atoms with Gasteiger partial charge in [0.15, 0.2) is 0 Å². The van der Waals surface area contributed by atoms with E-state index in [4.69, 9.17) is 0 Å². The normalized spacial score (nSPS) is 30.5. The van der Waals surface area contributed by atoms with Crippen molar-refractivity contribution in [3.05, 3.63) is 11.8 Å². The zero-order valence-corrected chi connectivity index (χ0v) is 7.09. The van der Waals surface area contributed by atoms with Crippen LogP contribution in [-0.4, -0.2) is 21.6 Å². The first-order valence-corrected chi connectivity index (χ1v) is 3.63. The lowest BCUT2D eigenvalue weighted by Gasteiger charge is -2.27. The Kier molecular flexibility index (Phi) is 1.76. The zero-order chi connectivity index (χ0) is 8.65. The van der Waals surface area contributed by atoms with Gasteiger partial charge in [-0.1, -0.05) is 5.57 Å². The van der Waals surface area contributed by atoms with Crippen LogP contribution in [-0.2, 0) is 4.79 Å². The van der Waals surface area contributed by atoms with Gasteiger partial charge < -0.3 is 5.11 Å². The lowest BCUT2D eigenvalue weighted by molar-refractivity contribution is -0.142. The van der Waals surface area contributed by atoms with Gasteiger partial charge in [0.25, 0.3) is 0 Å². The third-order valence-electron chi connectivity index (χ3n) is 1.82. The van der Waals surface area contributed by atoms with Gasteiger partial charge in [0, 0.05) is 19.5 Å². The van der Waals surface area contributed by atoms with E-state index in [1.165, 1.54) is 11.8 Å². The molecule has 0 aromatic rings. The standard InChI is InChI=1S/C8H13NO2/c1-6-4-8(3,11)9(5-6)7(2)10/h5,11H,4H2,1-3H3. The molecule has 1 N–H and O–H groups in total. The molecule has 1 unspecified atom stereocenters. The number of hydrogen-bond donors (Lipinski definition) is 1. The van der Waals surface area contributed by atoms with E-state index in [0.717, 1.165) is 5.57 Å². The number of aliphatic hydroxyl groups is 1. The molecule has 0 radical (unpaired) electrons. The monoisotopic (exact) mass is 155 g/mol. The Morgan fingerprint density at radius 3 is 2.55 bits per heavy atom. The quantitative estimate of drug-likeness (QED) is 0.563. The molecule has 3 heteroatoms. The Labute approximate surface area is 66.3 Å². The number of nitrogens with zero attached hydrogens (tertiary/aromatic N) is 1. The van der Waals surface area contributed by atoms with E-state index in [1.54, 1.807) is 13.1 Å². The highest BCUT2D eigenvalue weighted by atomic mass is 16.3. The molecule has 62 valence electrons. The summed E-state index contributed by atoms with van der Waals surface area (Å²) in [6, 6.07) is 0. The van der Waals surface area contributed by atoms with E-state index in [-0.39, 0.29) is 5.91 Å². The molecule has 3 nitrogen and oxygen atoms in total. The van der Waals surface area contributed by atoms with E-state index in [1.807, 2.05) is 6.92 Å². The minimum Gasteiger partial charge on any atom is -0.370 e. The summed E-state index contributed by atoms with van der Waals surface area (Å²) < 4.78 is 0. The van der Waals surface area contributed by atoms with Crippen LogP contribution in [0, 0.1) is 0 Å². The summed E-state index contributed by atoms with van der Waals surface area (Å²) in [4.78, 5) is 12.3. The fraction of sp³-hybridized carbons (Fsp3) is 0.625. The maximum Gasteiger partial charge on any atom is 0.225 e. The number of amides is 1. The van der Waals surface area contributed by atoms with Crippen molar-refractivity contribution in [2.75, 3.05) is 0 Å². The van der Waals surface area contributed by atoms with Crippen LogP contribution in [0.1, 0.15) is 27.2 Å². The number of hydrogen-bond acceptors (Lipinski definition) is 2. The highest BCUT2D eigenvalue weighted by molar-refractivity contribution is 5.75. The number of carbonyl (C=O) groups is 1. The number of carbonyl (C=O) groups excluding carboxylic acids is 1. The first kappa shape index (κ1) is 8.27. The van der Waals surface area contributed by atoms with Crippen LogP contribution in [0.25, 0.3) is 0 Å². The van der Waals surface area contributed by atoms with Crippen LogP contribution in [0.4, 0.5) is 0 Å². The predicted octanol–water partition coefficient (Wildman–Crippen LogP) is 0.851. The second kappa shape index (κ2) is 2.34. The van der Waals surface area contributed by atoms with Gasteiger partial charge in [0.2, 0.25) is 5.91 Å². The Morgan fingerprint density at radius 2 is 2.36 bits per heavy atom. The molecule has 0 aromatic heterocycles. The molecular weight excluding hydrogens is 142 g/mol. The minimum atomic E-state index is -1.00. The van der Waals surface area contributed by atoms with E-state index in [2.05, 4.69) is 0 Å². The summed E-state index contributed by atoms with van der Waals surface area (Å²) in [6.07, 6.45) is 2.24. The van der Waals surface area contributed by atoms with E-state index >= 15 is 0 Å². The maximum absolute atomic E-state index is 10.9. The van der Waals surface area contributed by atoms with Crippen LogP contribution in [0.5, 0.6) is 0 Å². The topological polar surface area (TPSA) is 40.5 Å². The Hall–Kier alpha value is -0.830. The summed E-state index contributed by atoms with van der Waals surface area (Å²) in [5.41, 5.74) is 0.0285. The molecule has 1 heterocycles. The molecule has 1 aliphatic rings. The van der Waals surface area contributed by atoms with E-state index in [0.29, 0.717) is 6.42 Å². The molecule has 0 saturated carbocycles. The zero-order valence-electron chi connectivity index (χ0n) is 7.09. The van der Waals surface area contributed by atoms with Gasteiger partial charge in [-0.2, -0.15) is 0 Å². The Morgan fingerprint density at radius 1 is 1.82 bits per heavy atom. The SMILES string of the molecule is CC(=O)N1C=C(C)CC1(C)O. The Bertz CT molecular complexity index is 218. The molecule has 0 fully saturated rings. The molecule has 1 aliphatic heterocycles. The second-order valence-electron chi connectivity index (χ2n) is 3.26. The van der Waals surface area contributed by atoms with Crippen LogP contribution in [0.3, 0.4) is 0 Å². The van der Waals surface area contributed by atoms with Crippen molar-refractivity contribution >= 4 is 5.91 Å². The van der Waals surface area contributed by atoms with Gasteiger partial charge in [-0.05, 0) is 13.8 Å². The summed E-state index contributed by atoms with van der Waals surface area (Å²) >= 11 is 0. The fourth-order valence-corrected chi connectivity index (χ4v) is 1.45. The van der Waals surface area contributed by atoms with Crippen molar-refractivity contribution in [2.24, 2.45) is 0 Å². The van der Waals surface area contributed by atoms with E-state index < -0.39 is 5.72 Å². The minimum absolute atomic E-state index is 0.119. The molecule has 0 saturated heterocycles. The summed E-state index contributed by atoms with van der Waals surface area (Å²) in [5.74, 6) is -0.119. The van der Waals surface area contributed by atoms with E-state index in [9.17, 15) is 9.90 Å². The molecule has 1 amide bonds. The van der Waals surface area contributed by atoms with Crippen LogP contribution in [0.2, 0.25) is 0 Å². The first-order valence-electron chi connectivity index (χ1n) is 3.63. The van der Waals surface area contributed by atoms with Crippen molar-refractivity contribution in [1.29, 1.82) is 0 Å². The van der Waals surface area contributed by atoms with Gasteiger partial charge in [0.1, 0.15) is 5.72 Å². The van der Waals surface area contributed by atoms with Crippen LogP contribution < -0.4 is 0 Å². The van der Waals surface area contributed by atoms with Gasteiger partial charge >= 0.3 is 0 Å². The molecular formula is C8H13NO2. The van der Waals surface area contributed by atoms with Crippen molar-refractivity contribution < 1.29 is 9.90 Å².